The van der Waals surface area contributed by atoms with Crippen LogP contribution in [0.4, 0.5) is 14.5 Å². The summed E-state index contributed by atoms with van der Waals surface area (Å²) in [4.78, 5) is 9.53. The van der Waals surface area contributed by atoms with E-state index < -0.39 is 0 Å². The van der Waals surface area contributed by atoms with Crippen molar-refractivity contribution in [1.29, 1.82) is 0 Å². The van der Waals surface area contributed by atoms with E-state index in [1.165, 1.54) is 24.3 Å². The Labute approximate surface area is 328 Å². The molecule has 4 aromatic carbocycles. The molecule has 2 fully saturated rings. The van der Waals surface area contributed by atoms with Gasteiger partial charge in [-0.2, -0.15) is 0 Å². The molecule has 0 N–H and O–H groups in total. The van der Waals surface area contributed by atoms with E-state index in [9.17, 15) is 8.78 Å². The Morgan fingerprint density at radius 2 is 1.00 bits per heavy atom. The summed E-state index contributed by atoms with van der Waals surface area (Å²) in [7, 11) is 0. The van der Waals surface area contributed by atoms with E-state index in [0.29, 0.717) is 19.3 Å². The first-order valence-electron chi connectivity index (χ1n) is 18.0. The average molecular weight is 790 g/mol. The number of benzene rings is 4. The predicted molar refractivity (Wildman–Crippen MR) is 208 cm³/mol. The minimum absolute atomic E-state index is 0. The smallest absolute Gasteiger partial charge is 0.231 e. The summed E-state index contributed by atoms with van der Waals surface area (Å²) < 4.78 is 59.1. The molecule has 2 saturated heterocycles. The summed E-state index contributed by atoms with van der Waals surface area (Å²) >= 11 is 0. The van der Waals surface area contributed by atoms with Crippen molar-refractivity contribution in [2.45, 2.75) is 13.0 Å². The monoisotopic (exact) mass is 788 g/mol. The Morgan fingerprint density at radius 3 is 1.50 bits per heavy atom. The van der Waals surface area contributed by atoms with Crippen molar-refractivity contribution < 1.29 is 37.2 Å². The maximum atomic E-state index is 13.1. The van der Waals surface area contributed by atoms with E-state index in [1.54, 1.807) is 0 Å². The van der Waals surface area contributed by atoms with E-state index in [2.05, 4.69) is 26.5 Å². The molecule has 8 rings (SSSR count). The van der Waals surface area contributed by atoms with Crippen LogP contribution in [-0.2, 0) is 0 Å². The van der Waals surface area contributed by atoms with Crippen LogP contribution in [-0.4, -0.2) is 107 Å². The lowest BCUT2D eigenvalue weighted by molar-refractivity contribution is 0.0917. The molecular weight excluding hydrogens is 741 g/mol. The number of halogens is 4. The Bertz CT molecular complexity index is 1740. The van der Waals surface area contributed by atoms with Crippen LogP contribution in [0, 0.1) is 11.6 Å². The molecule has 0 aliphatic carbocycles. The molecule has 14 heteroatoms. The van der Waals surface area contributed by atoms with Crippen molar-refractivity contribution in [3.8, 4) is 34.5 Å². The molecule has 0 amide bonds. The summed E-state index contributed by atoms with van der Waals surface area (Å²) in [6, 6.07) is 25.2. The predicted octanol–water partition coefficient (Wildman–Crippen LogP) is 6.91. The lowest BCUT2D eigenvalue weighted by atomic mass is 10.1. The molecular formula is C40H48Cl2F2N4O6. The Hall–Kier alpha value is -4.20. The fourth-order valence-corrected chi connectivity index (χ4v) is 6.73. The second kappa shape index (κ2) is 19.9. The van der Waals surface area contributed by atoms with Crippen molar-refractivity contribution in [3.63, 3.8) is 0 Å². The SMILES string of the molecule is CC(c1ccc(F)cc1)N1CCN(CCOc2ccc3c(c2)OCO3)CC1.Cl.Cl.Fc1ccc(N2CCN(CCOc3ccc4c(c3)OCO4)CC2)cc1. The van der Waals surface area contributed by atoms with Gasteiger partial charge in [0.25, 0.3) is 0 Å². The van der Waals surface area contributed by atoms with Crippen molar-refractivity contribution in [1.82, 2.24) is 14.7 Å². The highest BCUT2D eigenvalue weighted by Crippen LogP contribution is 2.36. The van der Waals surface area contributed by atoms with Gasteiger partial charge in [0.15, 0.2) is 23.0 Å². The number of rotatable bonds is 11. The summed E-state index contributed by atoms with van der Waals surface area (Å²) in [5.41, 5.74) is 2.24. The van der Waals surface area contributed by atoms with Crippen LogP contribution in [0.3, 0.4) is 0 Å². The maximum absolute atomic E-state index is 13.1. The van der Waals surface area contributed by atoms with Gasteiger partial charge in [-0.05, 0) is 73.2 Å². The Morgan fingerprint density at radius 1 is 0.556 bits per heavy atom. The second-order valence-corrected chi connectivity index (χ2v) is 13.1. The van der Waals surface area contributed by atoms with Gasteiger partial charge in [-0.3, -0.25) is 14.7 Å². The molecule has 10 nitrogen and oxygen atoms in total. The topological polar surface area (TPSA) is 68.3 Å². The summed E-state index contributed by atoms with van der Waals surface area (Å²) in [5.74, 6) is 4.26. The van der Waals surface area contributed by atoms with E-state index in [-0.39, 0.29) is 50.0 Å². The lowest BCUT2D eigenvalue weighted by Gasteiger charge is -2.38. The fraction of sp³-hybridized carbons (Fsp3) is 0.400. The molecule has 0 saturated carbocycles. The van der Waals surface area contributed by atoms with Crippen LogP contribution in [0.25, 0.3) is 0 Å². The third-order valence-electron chi connectivity index (χ3n) is 9.91. The summed E-state index contributed by atoms with van der Waals surface area (Å²) in [5, 5.41) is 0. The van der Waals surface area contributed by atoms with Crippen LogP contribution in [0.1, 0.15) is 18.5 Å². The minimum atomic E-state index is -0.192. The third-order valence-corrected chi connectivity index (χ3v) is 9.91. The number of anilines is 1. The molecule has 1 unspecified atom stereocenters. The van der Waals surface area contributed by atoms with Gasteiger partial charge in [0.2, 0.25) is 13.6 Å². The zero-order valence-electron chi connectivity index (χ0n) is 30.4. The largest absolute Gasteiger partial charge is 0.492 e. The van der Waals surface area contributed by atoms with E-state index >= 15 is 0 Å². The number of hydrogen-bond donors (Lipinski definition) is 0. The van der Waals surface area contributed by atoms with Gasteiger partial charge in [-0.15, -0.1) is 24.8 Å². The fourth-order valence-electron chi connectivity index (χ4n) is 6.73. The standard InChI is InChI=1S/C21H25FN2O3.C19H21FN2O3.2ClH/c1-16(17-2-4-18(22)5-3-17)24-10-8-23(9-11-24)12-13-25-19-6-7-20-21(14-19)27-15-26-20;20-15-1-3-16(4-2-15)22-9-7-21(8-10-22)11-12-23-17-5-6-18-19(13-17)25-14-24-18;;/h2-7,14,16H,8-13,15H2,1H3;1-6,13H,7-12,14H2;2*1H. The van der Waals surface area contributed by atoms with E-state index in [1.807, 2.05) is 60.7 Å². The second-order valence-electron chi connectivity index (χ2n) is 13.1. The van der Waals surface area contributed by atoms with Gasteiger partial charge >= 0.3 is 0 Å². The molecule has 0 bridgehead atoms. The molecule has 0 radical (unpaired) electrons. The highest BCUT2D eigenvalue weighted by atomic mass is 35.5. The quantitative estimate of drug-likeness (QED) is 0.160. The normalized spacial score (nSPS) is 17.1. The average Bonchev–Trinajstić information content (AvgIpc) is 3.86. The highest BCUT2D eigenvalue weighted by Gasteiger charge is 2.23. The summed E-state index contributed by atoms with van der Waals surface area (Å²) in [6.07, 6.45) is 0. The first-order chi connectivity index (χ1) is 25.5. The van der Waals surface area contributed by atoms with Crippen LogP contribution in [0.15, 0.2) is 84.9 Å². The first-order valence-corrected chi connectivity index (χ1v) is 18.0. The maximum Gasteiger partial charge on any atom is 0.231 e. The van der Waals surface area contributed by atoms with Gasteiger partial charge in [-0.1, -0.05) is 12.1 Å². The van der Waals surface area contributed by atoms with Crippen LogP contribution < -0.4 is 33.3 Å². The Kier molecular flexibility index (Phi) is 15.1. The Balaban J connectivity index is 0.000000201. The molecule has 0 aromatic heterocycles. The molecule has 54 heavy (non-hydrogen) atoms. The van der Waals surface area contributed by atoms with Crippen molar-refractivity contribution >= 4 is 30.5 Å². The highest BCUT2D eigenvalue weighted by molar-refractivity contribution is 5.85. The van der Waals surface area contributed by atoms with Gasteiger partial charge in [0, 0.05) is 89.3 Å². The minimum Gasteiger partial charge on any atom is -0.492 e. The molecule has 4 aliphatic heterocycles. The zero-order chi connectivity index (χ0) is 35.7. The number of nitrogens with zero attached hydrogens (tertiary/aromatic N) is 4. The van der Waals surface area contributed by atoms with E-state index in [0.717, 1.165) is 111 Å². The van der Waals surface area contributed by atoms with E-state index in [4.69, 9.17) is 28.4 Å². The first kappa shape index (κ1) is 41.0. The van der Waals surface area contributed by atoms with Crippen LogP contribution in [0.2, 0.25) is 0 Å². The molecule has 1 atom stereocenters. The van der Waals surface area contributed by atoms with Gasteiger partial charge in [-0.25, -0.2) is 8.78 Å². The number of fused-ring (bicyclic) bond motifs is 2. The van der Waals surface area contributed by atoms with Crippen molar-refractivity contribution in [2.24, 2.45) is 0 Å². The van der Waals surface area contributed by atoms with Crippen molar-refractivity contribution in [3.05, 3.63) is 102 Å². The molecule has 0 spiro atoms. The van der Waals surface area contributed by atoms with Gasteiger partial charge < -0.3 is 33.3 Å². The summed E-state index contributed by atoms with van der Waals surface area (Å²) in [6.45, 7) is 13.6. The number of piperazine rings is 2. The molecule has 4 aromatic rings. The zero-order valence-corrected chi connectivity index (χ0v) is 32.0. The molecule has 292 valence electrons. The lowest BCUT2D eigenvalue weighted by Crippen LogP contribution is -2.48. The van der Waals surface area contributed by atoms with Crippen LogP contribution in [0.5, 0.6) is 34.5 Å². The van der Waals surface area contributed by atoms with Crippen LogP contribution >= 0.6 is 24.8 Å². The third kappa shape index (κ3) is 10.9. The number of hydrogen-bond acceptors (Lipinski definition) is 10. The molecule has 4 heterocycles. The number of ether oxygens (including phenoxy) is 6. The molecule has 4 aliphatic rings. The van der Waals surface area contributed by atoms with Gasteiger partial charge in [0.05, 0.1) is 0 Å². The van der Waals surface area contributed by atoms with Gasteiger partial charge in [0.1, 0.15) is 36.3 Å². The van der Waals surface area contributed by atoms with Crippen molar-refractivity contribution in [2.75, 3.05) is 97.1 Å².